The molecule has 10 heteroatoms. The van der Waals surface area contributed by atoms with Gasteiger partial charge in [-0.1, -0.05) is 0 Å². The van der Waals surface area contributed by atoms with E-state index >= 15 is 8.63 Å². The fourth-order valence-electron chi connectivity index (χ4n) is 3.14. The van der Waals surface area contributed by atoms with Gasteiger partial charge in [0, 0.05) is 33.8 Å². The summed E-state index contributed by atoms with van der Waals surface area (Å²) in [6.07, 6.45) is 2.66. The third-order valence-electron chi connectivity index (χ3n) is 4.16. The smallest absolute Gasteiger partial charge is 0.389 e. The Bertz CT molecular complexity index is 1040. The zero-order chi connectivity index (χ0) is 18.1. The lowest BCUT2D eigenvalue weighted by Crippen LogP contribution is -2.50. The predicted octanol–water partition coefficient (Wildman–Crippen LogP) is 5.04. The molecule has 2 aromatic rings. The van der Waals surface area contributed by atoms with E-state index in [2.05, 4.69) is 31.9 Å². The minimum atomic E-state index is -4.32. The van der Waals surface area contributed by atoms with Gasteiger partial charge in [0.15, 0.2) is 17.3 Å². The molecule has 128 valence electrons. The zero-order valence-electron chi connectivity index (χ0n) is 12.1. The third-order valence-corrected chi connectivity index (χ3v) is 5.46. The Balaban J connectivity index is 2.18. The highest BCUT2D eigenvalue weighted by Gasteiger charge is 2.54. The largest absolute Gasteiger partial charge is 0.738 e. The Morgan fingerprint density at radius 1 is 0.920 bits per heavy atom. The van der Waals surface area contributed by atoms with Gasteiger partial charge in [0.25, 0.3) is 0 Å². The van der Waals surface area contributed by atoms with Gasteiger partial charge in [-0.2, -0.15) is 0 Å². The average molecular weight is 480 g/mol. The van der Waals surface area contributed by atoms with E-state index in [1.54, 1.807) is 0 Å². The van der Waals surface area contributed by atoms with Crippen molar-refractivity contribution < 1.29 is 26.3 Å². The SMILES string of the molecule is Fc1ccc(F)c(C2=C3C=CC(Br)=[N+]3[B-](F)(F)n3c(Br)ccc32)c1F. The number of aromatic nitrogens is 1. The van der Waals surface area contributed by atoms with E-state index in [0.717, 1.165) is 6.07 Å². The number of hydrogen-bond donors (Lipinski definition) is 0. The number of benzene rings is 1. The molecule has 3 heterocycles. The highest BCUT2D eigenvalue weighted by molar-refractivity contribution is 9.18. The lowest BCUT2D eigenvalue weighted by Gasteiger charge is -2.32. The van der Waals surface area contributed by atoms with Gasteiger partial charge in [0.1, 0.15) is 5.82 Å². The third kappa shape index (κ3) is 2.16. The highest BCUT2D eigenvalue weighted by atomic mass is 79.9. The summed E-state index contributed by atoms with van der Waals surface area (Å²) in [5.41, 5.74) is -1.07. The first-order chi connectivity index (χ1) is 11.7. The fraction of sp³-hybridized carbons (Fsp3) is 0. The number of nitrogens with zero attached hydrogens (tertiary/aromatic N) is 2. The van der Waals surface area contributed by atoms with E-state index in [1.165, 1.54) is 24.3 Å². The van der Waals surface area contributed by atoms with Gasteiger partial charge in [0.2, 0.25) is 4.62 Å². The summed E-state index contributed by atoms with van der Waals surface area (Å²) < 4.78 is 73.8. The highest BCUT2D eigenvalue weighted by Crippen LogP contribution is 2.43. The van der Waals surface area contributed by atoms with Gasteiger partial charge in [0.05, 0.1) is 15.7 Å². The normalized spacial score (nSPS) is 18.0. The van der Waals surface area contributed by atoms with E-state index < -0.39 is 30.0 Å². The second-order valence-electron chi connectivity index (χ2n) is 5.50. The van der Waals surface area contributed by atoms with Crippen molar-refractivity contribution in [2.24, 2.45) is 0 Å². The maximum absolute atomic E-state index is 15.0. The number of halogens is 7. The maximum atomic E-state index is 15.0. The zero-order valence-corrected chi connectivity index (χ0v) is 15.3. The van der Waals surface area contributed by atoms with Crippen LogP contribution in [0.3, 0.4) is 0 Å². The van der Waals surface area contributed by atoms with E-state index in [1.807, 2.05) is 0 Å². The molecule has 0 atom stereocenters. The second kappa shape index (κ2) is 5.41. The molecule has 25 heavy (non-hydrogen) atoms. The monoisotopic (exact) mass is 478 g/mol. The Labute approximate surface area is 155 Å². The summed E-state index contributed by atoms with van der Waals surface area (Å²) in [5.74, 6) is -3.74. The van der Waals surface area contributed by atoms with Crippen molar-refractivity contribution in [1.82, 2.24) is 4.48 Å². The Morgan fingerprint density at radius 3 is 2.32 bits per heavy atom. The molecular formula is C15H6BBr2F5N2. The number of fused-ring (bicyclic) bond motifs is 2. The summed E-state index contributed by atoms with van der Waals surface area (Å²) >= 11 is 6.08. The van der Waals surface area contributed by atoms with Crippen molar-refractivity contribution in [1.29, 1.82) is 0 Å². The van der Waals surface area contributed by atoms with Crippen LogP contribution >= 0.6 is 31.9 Å². The fourth-order valence-corrected chi connectivity index (χ4v) is 4.28. The van der Waals surface area contributed by atoms with Crippen LogP contribution in [-0.4, -0.2) is 20.6 Å². The molecule has 1 aromatic carbocycles. The van der Waals surface area contributed by atoms with Crippen LogP contribution in [0.4, 0.5) is 21.8 Å². The van der Waals surface area contributed by atoms with E-state index in [9.17, 15) is 13.2 Å². The molecule has 2 aliphatic rings. The average Bonchev–Trinajstić information content (AvgIpc) is 3.11. The second-order valence-corrected chi connectivity index (χ2v) is 7.13. The number of allylic oxidation sites excluding steroid dienone is 2. The first-order valence-electron chi connectivity index (χ1n) is 7.02. The van der Waals surface area contributed by atoms with Crippen LogP contribution < -0.4 is 0 Å². The molecule has 2 nitrogen and oxygen atoms in total. The van der Waals surface area contributed by atoms with E-state index in [-0.39, 0.29) is 26.2 Å². The van der Waals surface area contributed by atoms with Gasteiger partial charge in [-0.3, -0.25) is 0 Å². The summed E-state index contributed by atoms with van der Waals surface area (Å²) in [4.78, 5) is 0. The minimum absolute atomic E-state index is 0.0356. The van der Waals surface area contributed by atoms with Crippen LogP contribution in [0.15, 0.2) is 46.7 Å². The van der Waals surface area contributed by atoms with Crippen LogP contribution in [-0.2, 0) is 0 Å². The van der Waals surface area contributed by atoms with Gasteiger partial charge < -0.3 is 17.6 Å². The summed E-state index contributed by atoms with van der Waals surface area (Å²) in [6, 6.07) is 4.08. The van der Waals surface area contributed by atoms with Gasteiger partial charge >= 0.3 is 6.97 Å². The molecule has 0 radical (unpaired) electrons. The molecule has 0 fully saturated rings. The van der Waals surface area contributed by atoms with Crippen molar-refractivity contribution >= 4 is 49.0 Å². The van der Waals surface area contributed by atoms with Crippen molar-refractivity contribution in [2.75, 3.05) is 0 Å². The van der Waals surface area contributed by atoms with Crippen LogP contribution in [0, 0.1) is 17.5 Å². The quantitative estimate of drug-likeness (QED) is 0.308. The van der Waals surface area contributed by atoms with Crippen molar-refractivity contribution in [3.63, 3.8) is 0 Å². The van der Waals surface area contributed by atoms with E-state index in [4.69, 9.17) is 0 Å². The Kier molecular flexibility index (Phi) is 3.63. The molecule has 1 aromatic heterocycles. The number of rotatable bonds is 1. The molecular weight excluding hydrogens is 474 g/mol. The molecule has 0 amide bonds. The summed E-state index contributed by atoms with van der Waals surface area (Å²) in [7, 11) is 0. The Hall–Kier alpha value is -1.68. The van der Waals surface area contributed by atoms with Crippen molar-refractivity contribution in [3.8, 4) is 0 Å². The molecule has 0 aliphatic carbocycles. The topological polar surface area (TPSA) is 7.94 Å². The maximum Gasteiger partial charge on any atom is 0.738 e. The first kappa shape index (κ1) is 16.8. The lowest BCUT2D eigenvalue weighted by atomic mass is 9.86. The van der Waals surface area contributed by atoms with Gasteiger partial charge in [-0.15, -0.1) is 0 Å². The van der Waals surface area contributed by atoms with Crippen LogP contribution in [0.25, 0.3) is 5.57 Å². The predicted molar refractivity (Wildman–Crippen MR) is 91.2 cm³/mol. The van der Waals surface area contributed by atoms with Gasteiger partial charge in [-0.25, -0.2) is 13.2 Å². The molecule has 0 bridgehead atoms. The van der Waals surface area contributed by atoms with Crippen molar-refractivity contribution in [3.05, 3.63) is 75.4 Å². The Morgan fingerprint density at radius 2 is 1.60 bits per heavy atom. The minimum Gasteiger partial charge on any atom is -0.389 e. The summed E-state index contributed by atoms with van der Waals surface area (Å²) in [5, 5.41) is 0. The number of hydrogen-bond acceptors (Lipinski definition) is 0. The van der Waals surface area contributed by atoms with E-state index in [0.29, 0.717) is 15.0 Å². The first-order valence-corrected chi connectivity index (χ1v) is 8.61. The van der Waals surface area contributed by atoms with Crippen LogP contribution in [0.1, 0.15) is 11.3 Å². The van der Waals surface area contributed by atoms with Crippen LogP contribution in [0.2, 0.25) is 0 Å². The standard InChI is InChI=1S/C15H6BBr2F5N2/c17-11-5-3-9-14(13-7(19)1-2-8(20)15(13)21)10-4-6-12(18)25(10)16(22,23)24(9)11/h1-6H. The molecule has 0 saturated carbocycles. The van der Waals surface area contributed by atoms with Gasteiger partial charge in [-0.05, 0) is 40.2 Å². The molecule has 2 aliphatic heterocycles. The summed E-state index contributed by atoms with van der Waals surface area (Å²) in [6.45, 7) is -4.32. The molecule has 0 unspecified atom stereocenters. The van der Waals surface area contributed by atoms with Crippen molar-refractivity contribution in [2.45, 2.75) is 0 Å². The van der Waals surface area contributed by atoms with Crippen LogP contribution in [0.5, 0.6) is 0 Å². The lowest BCUT2D eigenvalue weighted by molar-refractivity contribution is -0.358. The molecule has 0 N–H and O–H groups in total. The molecule has 4 rings (SSSR count). The molecule has 0 spiro atoms. The molecule has 0 saturated heterocycles.